The number of benzene rings is 1. The molecule has 1 aromatic rings. The summed E-state index contributed by atoms with van der Waals surface area (Å²) in [5, 5.41) is 2.91. The van der Waals surface area contributed by atoms with Gasteiger partial charge in [-0.2, -0.15) is 0 Å². The van der Waals surface area contributed by atoms with Gasteiger partial charge in [0.25, 0.3) is 0 Å². The maximum atomic E-state index is 11.6. The minimum atomic E-state index is 0.0968. The zero-order valence-electron chi connectivity index (χ0n) is 12.7. The Morgan fingerprint density at radius 3 is 2.75 bits per heavy atom. The van der Waals surface area contributed by atoms with Crippen molar-refractivity contribution in [2.75, 3.05) is 12.3 Å². The molecule has 0 radical (unpaired) electrons. The van der Waals surface area contributed by atoms with E-state index in [2.05, 4.69) is 12.2 Å². The van der Waals surface area contributed by atoms with E-state index in [1.807, 2.05) is 32.0 Å². The molecular weight excluding hydrogens is 252 g/mol. The maximum Gasteiger partial charge on any atom is 0.220 e. The molecule has 0 saturated heterocycles. The average molecular weight is 278 g/mol. The van der Waals surface area contributed by atoms with E-state index >= 15 is 0 Å². The van der Waals surface area contributed by atoms with Crippen LogP contribution in [-0.4, -0.2) is 18.6 Å². The molecule has 0 bridgehead atoms. The van der Waals surface area contributed by atoms with Crippen molar-refractivity contribution in [3.63, 3.8) is 0 Å². The fraction of sp³-hybridized carbons (Fsp3) is 0.562. The van der Waals surface area contributed by atoms with E-state index in [1.165, 1.54) is 0 Å². The van der Waals surface area contributed by atoms with Crippen LogP contribution in [0.1, 0.15) is 45.6 Å². The van der Waals surface area contributed by atoms with E-state index in [4.69, 9.17) is 10.5 Å². The van der Waals surface area contributed by atoms with Gasteiger partial charge in [0, 0.05) is 13.0 Å². The third-order valence-electron chi connectivity index (χ3n) is 2.93. The number of nitrogens with two attached hydrogens (primary N) is 1. The molecule has 4 nitrogen and oxygen atoms in total. The maximum absolute atomic E-state index is 11.6. The summed E-state index contributed by atoms with van der Waals surface area (Å²) in [4.78, 5) is 11.6. The second-order valence-corrected chi connectivity index (χ2v) is 5.24. The van der Waals surface area contributed by atoms with Crippen LogP contribution in [0.3, 0.4) is 0 Å². The first kappa shape index (κ1) is 16.3. The Morgan fingerprint density at radius 2 is 2.15 bits per heavy atom. The number of carbonyl (C=O) groups excluding carboxylic acids is 1. The van der Waals surface area contributed by atoms with Gasteiger partial charge in [-0.3, -0.25) is 4.79 Å². The van der Waals surface area contributed by atoms with Gasteiger partial charge in [-0.25, -0.2) is 0 Å². The van der Waals surface area contributed by atoms with E-state index in [0.29, 0.717) is 24.3 Å². The van der Waals surface area contributed by atoms with Gasteiger partial charge in [-0.05, 0) is 44.4 Å². The molecule has 0 aliphatic heterocycles. The summed E-state index contributed by atoms with van der Waals surface area (Å²) in [6, 6.07) is 5.73. The Labute approximate surface area is 121 Å². The van der Waals surface area contributed by atoms with Crippen LogP contribution in [0.4, 0.5) is 5.69 Å². The van der Waals surface area contributed by atoms with Crippen LogP contribution in [0.15, 0.2) is 18.2 Å². The first-order valence-corrected chi connectivity index (χ1v) is 7.34. The molecular formula is C16H26N2O2. The van der Waals surface area contributed by atoms with Gasteiger partial charge in [0.15, 0.2) is 0 Å². The Balaban J connectivity index is 2.45. The van der Waals surface area contributed by atoms with Gasteiger partial charge in [-0.1, -0.05) is 19.4 Å². The highest BCUT2D eigenvalue weighted by molar-refractivity contribution is 5.76. The van der Waals surface area contributed by atoms with E-state index in [-0.39, 0.29) is 12.0 Å². The van der Waals surface area contributed by atoms with Crippen molar-refractivity contribution in [1.29, 1.82) is 0 Å². The molecule has 0 aliphatic carbocycles. The summed E-state index contributed by atoms with van der Waals surface area (Å²) in [7, 11) is 0. The fourth-order valence-corrected chi connectivity index (χ4v) is 1.87. The second-order valence-electron chi connectivity index (χ2n) is 5.24. The van der Waals surface area contributed by atoms with E-state index < -0.39 is 0 Å². The first-order chi connectivity index (χ1) is 9.52. The highest BCUT2D eigenvalue weighted by Crippen LogP contribution is 2.24. The van der Waals surface area contributed by atoms with Crippen molar-refractivity contribution in [3.05, 3.63) is 23.8 Å². The number of carbonyl (C=O) groups is 1. The molecule has 0 fully saturated rings. The molecule has 0 aromatic heterocycles. The van der Waals surface area contributed by atoms with Crippen LogP contribution >= 0.6 is 0 Å². The molecule has 4 heteroatoms. The van der Waals surface area contributed by atoms with Crippen LogP contribution in [0.25, 0.3) is 0 Å². The molecule has 0 heterocycles. The summed E-state index contributed by atoms with van der Waals surface area (Å²) in [5.74, 6) is 0.802. The summed E-state index contributed by atoms with van der Waals surface area (Å²) >= 11 is 0. The molecule has 1 rings (SSSR count). The van der Waals surface area contributed by atoms with Crippen molar-refractivity contribution < 1.29 is 9.53 Å². The molecule has 0 unspecified atom stereocenters. The molecule has 3 N–H and O–H groups in total. The number of hydrogen-bond donors (Lipinski definition) is 2. The van der Waals surface area contributed by atoms with Crippen molar-refractivity contribution in [1.82, 2.24) is 5.32 Å². The third-order valence-corrected chi connectivity index (χ3v) is 2.93. The van der Waals surface area contributed by atoms with E-state index in [9.17, 15) is 4.79 Å². The molecule has 0 spiro atoms. The fourth-order valence-electron chi connectivity index (χ4n) is 1.87. The van der Waals surface area contributed by atoms with Crippen LogP contribution in [0.5, 0.6) is 5.75 Å². The van der Waals surface area contributed by atoms with Crippen LogP contribution < -0.4 is 15.8 Å². The Bertz CT molecular complexity index is 430. The predicted octanol–water partition coefficient (Wildman–Crippen LogP) is 2.90. The topological polar surface area (TPSA) is 64.3 Å². The SMILES string of the molecule is CCCCNC(=O)CCc1ccc(OC(C)C)c(N)c1. The lowest BCUT2D eigenvalue weighted by molar-refractivity contribution is -0.121. The number of ether oxygens (including phenoxy) is 1. The van der Waals surface area contributed by atoms with E-state index in [1.54, 1.807) is 0 Å². The van der Waals surface area contributed by atoms with Crippen molar-refractivity contribution in [2.45, 2.75) is 52.6 Å². The van der Waals surface area contributed by atoms with Gasteiger partial charge in [0.1, 0.15) is 5.75 Å². The third kappa shape index (κ3) is 5.95. The number of anilines is 1. The largest absolute Gasteiger partial charge is 0.489 e. The summed E-state index contributed by atoms with van der Waals surface area (Å²) in [5.41, 5.74) is 7.64. The van der Waals surface area contributed by atoms with Gasteiger partial charge >= 0.3 is 0 Å². The quantitative estimate of drug-likeness (QED) is 0.567. The first-order valence-electron chi connectivity index (χ1n) is 7.34. The number of nitrogens with one attached hydrogen (secondary N) is 1. The summed E-state index contributed by atoms with van der Waals surface area (Å²) in [6.07, 6.45) is 3.42. The van der Waals surface area contributed by atoms with Crippen LogP contribution in [-0.2, 0) is 11.2 Å². The summed E-state index contributed by atoms with van der Waals surface area (Å²) < 4.78 is 5.59. The van der Waals surface area contributed by atoms with Crippen LogP contribution in [0.2, 0.25) is 0 Å². The lowest BCUT2D eigenvalue weighted by Crippen LogP contribution is -2.24. The number of amides is 1. The number of nitrogen functional groups attached to an aromatic ring is 1. The molecule has 20 heavy (non-hydrogen) atoms. The standard InChI is InChI=1S/C16H26N2O2/c1-4-5-10-18-16(19)9-7-13-6-8-15(14(17)11-13)20-12(2)3/h6,8,11-12H,4-5,7,9-10,17H2,1-3H3,(H,18,19). The highest BCUT2D eigenvalue weighted by Gasteiger charge is 2.06. The zero-order valence-corrected chi connectivity index (χ0v) is 12.7. The van der Waals surface area contributed by atoms with E-state index in [0.717, 1.165) is 24.9 Å². The Morgan fingerprint density at radius 1 is 1.40 bits per heavy atom. The average Bonchev–Trinajstić information content (AvgIpc) is 2.39. The lowest BCUT2D eigenvalue weighted by Gasteiger charge is -2.13. The molecule has 0 aliphatic rings. The molecule has 0 atom stereocenters. The molecule has 1 amide bonds. The van der Waals surface area contributed by atoms with Gasteiger partial charge in [0.2, 0.25) is 5.91 Å². The predicted molar refractivity (Wildman–Crippen MR) is 82.9 cm³/mol. The minimum Gasteiger partial charge on any atom is -0.489 e. The Hall–Kier alpha value is -1.71. The van der Waals surface area contributed by atoms with Crippen molar-refractivity contribution in [2.24, 2.45) is 0 Å². The number of hydrogen-bond acceptors (Lipinski definition) is 3. The highest BCUT2D eigenvalue weighted by atomic mass is 16.5. The zero-order chi connectivity index (χ0) is 15.0. The van der Waals surface area contributed by atoms with Gasteiger partial charge in [-0.15, -0.1) is 0 Å². The van der Waals surface area contributed by atoms with Gasteiger partial charge < -0.3 is 15.8 Å². The van der Waals surface area contributed by atoms with Crippen molar-refractivity contribution >= 4 is 11.6 Å². The van der Waals surface area contributed by atoms with Gasteiger partial charge in [0.05, 0.1) is 11.8 Å². The monoisotopic (exact) mass is 278 g/mol. The molecule has 0 saturated carbocycles. The normalized spacial score (nSPS) is 10.6. The van der Waals surface area contributed by atoms with Crippen LogP contribution in [0, 0.1) is 0 Å². The smallest absolute Gasteiger partial charge is 0.220 e. The number of aryl methyl sites for hydroxylation is 1. The second kappa shape index (κ2) is 8.46. The molecule has 1 aromatic carbocycles. The minimum absolute atomic E-state index is 0.0968. The Kier molecular flexibility index (Phi) is 6.91. The lowest BCUT2D eigenvalue weighted by atomic mass is 10.1. The number of unbranched alkanes of at least 4 members (excludes halogenated alkanes) is 1. The number of rotatable bonds is 8. The van der Waals surface area contributed by atoms with Crippen molar-refractivity contribution in [3.8, 4) is 5.75 Å². The summed E-state index contributed by atoms with van der Waals surface area (Å²) in [6.45, 7) is 6.80. The molecule has 112 valence electrons.